The molecule has 1 aromatic carbocycles. The molecule has 6 nitrogen and oxygen atoms in total. The van der Waals surface area contributed by atoms with Crippen molar-refractivity contribution in [2.75, 3.05) is 0 Å². The number of benzene rings is 1. The maximum atomic E-state index is 12.4. The molecule has 0 saturated carbocycles. The van der Waals surface area contributed by atoms with Crippen LogP contribution in [0.1, 0.15) is 20.9 Å². The second kappa shape index (κ2) is 5.37. The summed E-state index contributed by atoms with van der Waals surface area (Å²) < 4.78 is 38.8. The van der Waals surface area contributed by atoms with Gasteiger partial charge in [0.05, 0.1) is 12.1 Å². The van der Waals surface area contributed by atoms with Crippen LogP contribution in [-0.2, 0) is 12.7 Å². The minimum atomic E-state index is -4.42. The number of hydrogen-bond acceptors (Lipinski definition) is 5. The van der Waals surface area contributed by atoms with Crippen LogP contribution < -0.4 is 5.32 Å². The number of nitrogens with one attached hydrogen (secondary N) is 1. The lowest BCUT2D eigenvalue weighted by Crippen LogP contribution is -2.23. The first-order valence-corrected chi connectivity index (χ1v) is 6.86. The average Bonchev–Trinajstić information content (AvgIpc) is 3.05. The van der Waals surface area contributed by atoms with Gasteiger partial charge in [-0.2, -0.15) is 22.8 Å². The third kappa shape index (κ3) is 2.91. The van der Waals surface area contributed by atoms with Crippen LogP contribution in [0.15, 0.2) is 30.6 Å². The van der Waals surface area contributed by atoms with Crippen LogP contribution in [0.2, 0.25) is 0 Å². The number of aromatic nitrogens is 4. The van der Waals surface area contributed by atoms with E-state index in [9.17, 15) is 18.0 Å². The number of nitrogens with zero attached hydrogens (tertiary/aromatic N) is 4. The molecular formula is C12H8F3N5OS. The average molecular weight is 327 g/mol. The van der Waals surface area contributed by atoms with E-state index in [2.05, 4.69) is 20.6 Å². The summed E-state index contributed by atoms with van der Waals surface area (Å²) >= 11 is 1.26. The molecule has 0 aliphatic rings. The molecular weight excluding hydrogens is 319 g/mol. The Balaban J connectivity index is 1.65. The first-order valence-electron chi connectivity index (χ1n) is 6.05. The van der Waals surface area contributed by atoms with Crippen molar-refractivity contribution in [3.05, 3.63) is 46.7 Å². The summed E-state index contributed by atoms with van der Waals surface area (Å²) in [5, 5.41) is 14.8. The van der Waals surface area contributed by atoms with E-state index in [-0.39, 0.29) is 12.1 Å². The molecule has 0 aliphatic carbocycles. The number of amides is 1. The van der Waals surface area contributed by atoms with E-state index in [0.717, 1.165) is 24.3 Å². The van der Waals surface area contributed by atoms with Crippen LogP contribution in [0.4, 0.5) is 13.2 Å². The molecule has 10 heteroatoms. The molecule has 0 atom stereocenters. The van der Waals surface area contributed by atoms with Crippen molar-refractivity contribution in [3.8, 4) is 0 Å². The molecule has 2 aromatic heterocycles. The summed E-state index contributed by atoms with van der Waals surface area (Å²) in [7, 11) is 0. The molecule has 0 fully saturated rings. The zero-order valence-corrected chi connectivity index (χ0v) is 11.6. The molecule has 3 rings (SSSR count). The summed E-state index contributed by atoms with van der Waals surface area (Å²) in [6.45, 7) is 0.161. The molecule has 1 amide bonds. The fourth-order valence-electron chi connectivity index (χ4n) is 1.74. The largest absolute Gasteiger partial charge is 0.416 e. The number of halogens is 3. The lowest BCUT2D eigenvalue weighted by molar-refractivity contribution is -0.137. The van der Waals surface area contributed by atoms with Crippen LogP contribution >= 0.6 is 11.3 Å². The number of carbonyl (C=O) groups excluding carboxylic acids is 1. The normalized spacial score (nSPS) is 11.8. The van der Waals surface area contributed by atoms with Gasteiger partial charge in [-0.15, -0.1) is 10.2 Å². The maximum Gasteiger partial charge on any atom is 0.416 e. The molecule has 22 heavy (non-hydrogen) atoms. The smallest absolute Gasteiger partial charge is 0.345 e. The zero-order chi connectivity index (χ0) is 15.7. The van der Waals surface area contributed by atoms with Crippen LogP contribution in [-0.4, -0.2) is 25.7 Å². The minimum absolute atomic E-state index is 0.149. The summed E-state index contributed by atoms with van der Waals surface area (Å²) in [6.07, 6.45) is -2.98. The molecule has 0 aliphatic heterocycles. The Hall–Kier alpha value is -2.49. The standard InChI is InChI=1S/C12H8F3N5OS/c13-12(14,15)8-3-1-7(2-4-8)10(21)16-5-9-19-20-6-17-18-11(20)22-9/h1-4,6H,5H2,(H,16,21). The van der Waals surface area contributed by atoms with Crippen molar-refractivity contribution in [1.29, 1.82) is 0 Å². The van der Waals surface area contributed by atoms with Gasteiger partial charge in [0.15, 0.2) is 0 Å². The highest BCUT2D eigenvalue weighted by molar-refractivity contribution is 7.16. The van der Waals surface area contributed by atoms with Crippen molar-refractivity contribution in [2.24, 2.45) is 0 Å². The number of carbonyl (C=O) groups is 1. The lowest BCUT2D eigenvalue weighted by atomic mass is 10.1. The molecule has 0 radical (unpaired) electrons. The Bertz CT molecular complexity index is 780. The summed E-state index contributed by atoms with van der Waals surface area (Å²) in [6, 6.07) is 4.02. The van der Waals surface area contributed by atoms with Gasteiger partial charge in [0.1, 0.15) is 11.3 Å². The van der Waals surface area contributed by atoms with Gasteiger partial charge < -0.3 is 5.32 Å². The second-order valence-electron chi connectivity index (χ2n) is 4.31. The SMILES string of the molecule is O=C(NCc1nn2cnnc2s1)c1ccc(C(F)(F)F)cc1. The van der Waals surface area contributed by atoms with E-state index in [4.69, 9.17) is 0 Å². The van der Waals surface area contributed by atoms with Crippen molar-refractivity contribution >= 4 is 22.2 Å². The topological polar surface area (TPSA) is 72.2 Å². The van der Waals surface area contributed by atoms with Gasteiger partial charge in [-0.1, -0.05) is 11.3 Å². The van der Waals surface area contributed by atoms with Gasteiger partial charge in [0.2, 0.25) is 4.96 Å². The molecule has 0 spiro atoms. The lowest BCUT2D eigenvalue weighted by Gasteiger charge is -2.07. The van der Waals surface area contributed by atoms with E-state index < -0.39 is 17.6 Å². The van der Waals surface area contributed by atoms with Crippen molar-refractivity contribution in [3.63, 3.8) is 0 Å². The van der Waals surface area contributed by atoms with Crippen LogP contribution in [0.25, 0.3) is 4.96 Å². The molecule has 2 heterocycles. The third-order valence-corrected chi connectivity index (χ3v) is 3.72. The van der Waals surface area contributed by atoms with Gasteiger partial charge in [-0.3, -0.25) is 4.79 Å². The van der Waals surface area contributed by atoms with Gasteiger partial charge in [0, 0.05) is 5.56 Å². The van der Waals surface area contributed by atoms with Crippen molar-refractivity contribution in [2.45, 2.75) is 12.7 Å². The predicted octanol–water partition coefficient (Wildman–Crippen LogP) is 2.13. The van der Waals surface area contributed by atoms with Gasteiger partial charge in [-0.25, -0.2) is 0 Å². The van der Waals surface area contributed by atoms with Gasteiger partial charge in [0.25, 0.3) is 5.91 Å². The monoisotopic (exact) mass is 327 g/mol. The van der Waals surface area contributed by atoms with E-state index in [1.807, 2.05) is 0 Å². The van der Waals surface area contributed by atoms with Crippen LogP contribution in [0, 0.1) is 0 Å². The van der Waals surface area contributed by atoms with Crippen LogP contribution in [0.3, 0.4) is 0 Å². The number of alkyl halides is 3. The van der Waals surface area contributed by atoms with Crippen LogP contribution in [0.5, 0.6) is 0 Å². The Morgan fingerprint density at radius 1 is 1.27 bits per heavy atom. The van der Waals surface area contributed by atoms with E-state index in [0.29, 0.717) is 9.97 Å². The highest BCUT2D eigenvalue weighted by atomic mass is 32.1. The Morgan fingerprint density at radius 2 is 2.00 bits per heavy atom. The first kappa shape index (κ1) is 14.4. The quantitative estimate of drug-likeness (QED) is 0.800. The molecule has 0 saturated heterocycles. The van der Waals surface area contributed by atoms with Crippen molar-refractivity contribution in [1.82, 2.24) is 25.1 Å². The van der Waals surface area contributed by atoms with E-state index >= 15 is 0 Å². The Morgan fingerprint density at radius 3 is 2.64 bits per heavy atom. The van der Waals surface area contributed by atoms with E-state index in [1.165, 1.54) is 22.2 Å². The maximum absolute atomic E-state index is 12.4. The number of hydrogen-bond donors (Lipinski definition) is 1. The molecule has 0 unspecified atom stereocenters. The Labute approximate surface area is 125 Å². The summed E-state index contributed by atoms with van der Waals surface area (Å²) in [5.41, 5.74) is -0.645. The van der Waals surface area contributed by atoms with E-state index in [1.54, 1.807) is 0 Å². The molecule has 3 aromatic rings. The molecule has 114 valence electrons. The van der Waals surface area contributed by atoms with Gasteiger partial charge in [-0.05, 0) is 24.3 Å². The van der Waals surface area contributed by atoms with Crippen molar-refractivity contribution < 1.29 is 18.0 Å². The fraction of sp³-hybridized carbons (Fsp3) is 0.167. The summed E-state index contributed by atoms with van der Waals surface area (Å²) in [4.78, 5) is 12.5. The fourth-order valence-corrected chi connectivity index (χ4v) is 2.49. The highest BCUT2D eigenvalue weighted by Crippen LogP contribution is 2.29. The zero-order valence-electron chi connectivity index (χ0n) is 10.8. The first-order chi connectivity index (χ1) is 10.4. The number of rotatable bonds is 3. The third-order valence-electron chi connectivity index (χ3n) is 2.80. The molecule has 0 bridgehead atoms. The second-order valence-corrected chi connectivity index (χ2v) is 5.35. The predicted molar refractivity (Wildman–Crippen MR) is 71.3 cm³/mol. The molecule has 1 N–H and O–H groups in total. The van der Waals surface area contributed by atoms with Gasteiger partial charge >= 0.3 is 6.18 Å². The summed E-state index contributed by atoms with van der Waals surface area (Å²) in [5.74, 6) is -0.473. The Kier molecular flexibility index (Phi) is 3.53. The minimum Gasteiger partial charge on any atom is -0.345 e. The number of fused-ring (bicyclic) bond motifs is 1. The highest BCUT2D eigenvalue weighted by Gasteiger charge is 2.30.